The second kappa shape index (κ2) is 13.4. The zero-order chi connectivity index (χ0) is 28.6. The van der Waals surface area contributed by atoms with Crippen LogP contribution >= 0.6 is 11.6 Å². The van der Waals surface area contributed by atoms with Crippen molar-refractivity contribution < 1.29 is 41.4 Å². The second-order valence-electron chi connectivity index (χ2n) is 9.40. The Kier molecular flexibility index (Phi) is 10.5. The Morgan fingerprint density at radius 2 is 1.74 bits per heavy atom. The summed E-state index contributed by atoms with van der Waals surface area (Å²) in [5, 5.41) is 12.7. The van der Waals surface area contributed by atoms with Crippen LogP contribution in [-0.2, 0) is 10.4 Å². The predicted octanol–water partition coefficient (Wildman–Crippen LogP) is 5.57. The fraction of sp³-hybridized carbons (Fsp3) is 0.481. The van der Waals surface area contributed by atoms with Crippen molar-refractivity contribution in [2.75, 3.05) is 26.2 Å². The maximum Gasteiger partial charge on any atom is 0.430 e. The second-order valence-corrected chi connectivity index (χ2v) is 9.80. The number of rotatable bonds is 11. The van der Waals surface area contributed by atoms with Gasteiger partial charge in [-0.15, -0.1) is 0 Å². The number of ether oxygens (including phenoxy) is 1. The molecule has 214 valence electrons. The van der Waals surface area contributed by atoms with Crippen molar-refractivity contribution >= 4 is 23.4 Å². The number of hydrogen-bond donors (Lipinski definition) is 2. The van der Waals surface area contributed by atoms with E-state index in [0.717, 1.165) is 29.9 Å². The number of alkyl halides is 5. The fourth-order valence-electron chi connectivity index (χ4n) is 4.50. The minimum atomic E-state index is -5.16. The number of unbranched alkanes of at least 4 members (excludes halogenated alkanes) is 1. The number of carbonyl (C=O) groups is 2. The maximum atomic E-state index is 13.8. The highest BCUT2D eigenvalue weighted by Gasteiger charge is 2.62. The van der Waals surface area contributed by atoms with Gasteiger partial charge in [0, 0.05) is 18.7 Å². The number of halogens is 6. The van der Waals surface area contributed by atoms with Gasteiger partial charge in [0.25, 0.3) is 23.8 Å². The Hall–Kier alpha value is -2.92. The molecule has 0 bridgehead atoms. The number of benzene rings is 2. The zero-order valence-electron chi connectivity index (χ0n) is 21.0. The molecule has 12 heteroatoms. The van der Waals surface area contributed by atoms with Crippen molar-refractivity contribution in [3.05, 3.63) is 64.7 Å². The van der Waals surface area contributed by atoms with Crippen LogP contribution in [0, 0.1) is 5.92 Å². The van der Waals surface area contributed by atoms with Gasteiger partial charge in [-0.3, -0.25) is 9.59 Å². The number of piperidine rings is 1. The average Bonchev–Trinajstić information content (AvgIpc) is 2.91. The number of carbonyl (C=O) groups excluding carboxylic acids is 2. The first-order valence-corrected chi connectivity index (χ1v) is 12.9. The van der Waals surface area contributed by atoms with Gasteiger partial charge in [0.1, 0.15) is 5.75 Å². The number of likely N-dealkylation sites (tertiary alicyclic amines) is 1. The molecule has 3 rings (SSSR count). The topological polar surface area (TPSA) is 78.9 Å². The molecule has 2 aromatic carbocycles. The minimum Gasteiger partial charge on any atom is -0.494 e. The highest BCUT2D eigenvalue weighted by atomic mass is 35.5. The van der Waals surface area contributed by atoms with Gasteiger partial charge in [0.05, 0.1) is 23.7 Å². The Morgan fingerprint density at radius 1 is 1.08 bits per heavy atom. The summed E-state index contributed by atoms with van der Waals surface area (Å²) in [6.07, 6.45) is -4.49. The lowest BCUT2D eigenvalue weighted by Crippen LogP contribution is -2.57. The van der Waals surface area contributed by atoms with Crippen LogP contribution in [-0.4, -0.2) is 60.7 Å². The quantitative estimate of drug-likeness (QED) is 0.271. The number of aliphatic hydroxyl groups is 1. The first-order valence-electron chi connectivity index (χ1n) is 12.6. The SMILES string of the molecule is O=C(NCC(F)F)c1ccc(OCCCCC2CCN(C(=O)[C@](O)(c3ccccc3)C(F)(F)F)CC2)cc1Cl. The molecule has 2 aromatic rings. The lowest BCUT2D eigenvalue weighted by atomic mass is 9.88. The molecule has 39 heavy (non-hydrogen) atoms. The molecule has 1 heterocycles. The molecule has 0 aliphatic carbocycles. The van der Waals surface area contributed by atoms with E-state index in [1.165, 1.54) is 36.4 Å². The van der Waals surface area contributed by atoms with Crippen LogP contribution in [0.1, 0.15) is 48.0 Å². The summed E-state index contributed by atoms with van der Waals surface area (Å²) in [5.74, 6) is -1.41. The summed E-state index contributed by atoms with van der Waals surface area (Å²) in [4.78, 5) is 25.8. The van der Waals surface area contributed by atoms with Crippen LogP contribution in [0.25, 0.3) is 0 Å². The molecule has 1 aliphatic heterocycles. The fourth-order valence-corrected chi connectivity index (χ4v) is 4.76. The molecule has 0 aromatic heterocycles. The first kappa shape index (κ1) is 30.6. The number of hydrogen-bond acceptors (Lipinski definition) is 4. The largest absolute Gasteiger partial charge is 0.494 e. The van der Waals surface area contributed by atoms with E-state index in [0.29, 0.717) is 31.6 Å². The van der Waals surface area contributed by atoms with Gasteiger partial charge >= 0.3 is 6.18 Å². The van der Waals surface area contributed by atoms with Gasteiger partial charge in [0.2, 0.25) is 0 Å². The van der Waals surface area contributed by atoms with Crippen LogP contribution in [0.5, 0.6) is 5.75 Å². The lowest BCUT2D eigenvalue weighted by Gasteiger charge is -2.38. The van der Waals surface area contributed by atoms with Crippen molar-refractivity contribution in [1.82, 2.24) is 10.2 Å². The van der Waals surface area contributed by atoms with Gasteiger partial charge in [0.15, 0.2) is 0 Å². The molecule has 1 saturated heterocycles. The average molecular weight is 577 g/mol. The van der Waals surface area contributed by atoms with Crippen molar-refractivity contribution in [2.45, 2.75) is 50.3 Å². The minimum absolute atomic E-state index is 0.0620. The molecular weight excluding hydrogens is 547 g/mol. The van der Waals surface area contributed by atoms with E-state index < -0.39 is 42.1 Å². The van der Waals surface area contributed by atoms with Gasteiger partial charge in [-0.1, -0.05) is 48.4 Å². The van der Waals surface area contributed by atoms with Crippen LogP contribution in [0.3, 0.4) is 0 Å². The van der Waals surface area contributed by atoms with Crippen LogP contribution < -0.4 is 10.1 Å². The normalized spacial score (nSPS) is 16.2. The molecule has 0 saturated carbocycles. The van der Waals surface area contributed by atoms with Crippen molar-refractivity contribution in [2.24, 2.45) is 5.92 Å². The van der Waals surface area contributed by atoms with E-state index in [2.05, 4.69) is 5.32 Å². The Bertz CT molecular complexity index is 1110. The van der Waals surface area contributed by atoms with E-state index in [4.69, 9.17) is 16.3 Å². The molecule has 0 spiro atoms. The summed E-state index contributed by atoms with van der Waals surface area (Å²) >= 11 is 6.07. The van der Waals surface area contributed by atoms with Crippen LogP contribution in [0.2, 0.25) is 5.02 Å². The van der Waals surface area contributed by atoms with Crippen molar-refractivity contribution in [1.29, 1.82) is 0 Å². The van der Waals surface area contributed by atoms with Gasteiger partial charge in [-0.05, 0) is 49.8 Å². The number of nitrogens with zero attached hydrogens (tertiary/aromatic N) is 1. The maximum absolute atomic E-state index is 13.8. The van der Waals surface area contributed by atoms with Gasteiger partial charge in [-0.2, -0.15) is 13.2 Å². The molecule has 1 aliphatic rings. The van der Waals surface area contributed by atoms with E-state index >= 15 is 0 Å². The smallest absolute Gasteiger partial charge is 0.430 e. The Morgan fingerprint density at radius 3 is 2.33 bits per heavy atom. The molecule has 0 radical (unpaired) electrons. The lowest BCUT2D eigenvalue weighted by molar-refractivity contribution is -0.262. The van der Waals surface area contributed by atoms with E-state index in [1.54, 1.807) is 0 Å². The van der Waals surface area contributed by atoms with E-state index in [1.807, 2.05) is 0 Å². The summed E-state index contributed by atoms with van der Waals surface area (Å²) in [6.45, 7) is -0.158. The van der Waals surface area contributed by atoms with Crippen molar-refractivity contribution in [3.63, 3.8) is 0 Å². The van der Waals surface area contributed by atoms with Crippen LogP contribution in [0.15, 0.2) is 48.5 Å². The third kappa shape index (κ3) is 7.82. The number of nitrogens with one attached hydrogen (secondary N) is 1. The summed E-state index contributed by atoms with van der Waals surface area (Å²) in [6, 6.07) is 10.7. The monoisotopic (exact) mass is 576 g/mol. The summed E-state index contributed by atoms with van der Waals surface area (Å²) in [7, 11) is 0. The first-order chi connectivity index (χ1) is 18.4. The van der Waals surface area contributed by atoms with Gasteiger partial charge < -0.3 is 20.1 Å². The standard InChI is InChI=1S/C27H30ClF5N2O4/c28-22-16-20(9-10-21(22)24(36)34-17-23(29)30)39-15-5-4-6-18-11-13-35(14-12-18)25(37)26(38,27(31,32)33)19-7-2-1-3-8-19/h1-3,7-10,16,18,23,38H,4-6,11-15,17H2,(H,34,36)/t26-/m1/s1. The molecule has 1 atom stereocenters. The van der Waals surface area contributed by atoms with E-state index in [9.17, 15) is 36.6 Å². The molecule has 1 fully saturated rings. The number of amides is 2. The van der Waals surface area contributed by atoms with Crippen LogP contribution in [0.4, 0.5) is 22.0 Å². The van der Waals surface area contributed by atoms with Crippen molar-refractivity contribution in [3.8, 4) is 5.75 Å². The molecule has 6 nitrogen and oxygen atoms in total. The molecular formula is C27H30ClF5N2O4. The third-order valence-electron chi connectivity index (χ3n) is 6.69. The molecule has 2 amide bonds. The summed E-state index contributed by atoms with van der Waals surface area (Å²) < 4.78 is 71.6. The predicted molar refractivity (Wildman–Crippen MR) is 135 cm³/mol. The summed E-state index contributed by atoms with van der Waals surface area (Å²) in [5.41, 5.74) is -4.03. The highest BCUT2D eigenvalue weighted by molar-refractivity contribution is 6.34. The third-order valence-corrected chi connectivity index (χ3v) is 7.00. The Balaban J connectivity index is 1.41. The highest BCUT2D eigenvalue weighted by Crippen LogP contribution is 2.41. The Labute approximate surface area is 228 Å². The molecule has 0 unspecified atom stereocenters. The van der Waals surface area contributed by atoms with E-state index in [-0.39, 0.29) is 29.6 Å². The molecule has 2 N–H and O–H groups in total. The zero-order valence-corrected chi connectivity index (χ0v) is 21.8. The van der Waals surface area contributed by atoms with Gasteiger partial charge in [-0.25, -0.2) is 8.78 Å².